The minimum atomic E-state index is -0.939. The van der Waals surface area contributed by atoms with Gasteiger partial charge in [0.25, 0.3) is 0 Å². The van der Waals surface area contributed by atoms with Gasteiger partial charge in [0.2, 0.25) is 0 Å². The molecule has 1 rings (SSSR count). The molecule has 1 heterocycles. The lowest BCUT2D eigenvalue weighted by Crippen LogP contribution is -2.58. The third kappa shape index (κ3) is 6.92. The third-order valence-corrected chi connectivity index (χ3v) is 3.64. The van der Waals surface area contributed by atoms with Gasteiger partial charge < -0.3 is 14.2 Å². The van der Waals surface area contributed by atoms with E-state index in [0.29, 0.717) is 12.8 Å². The SMILES string of the molecule is CC(=O)[C@H]1CC[C@@](C)(OC(=O)OC(C)(C)C)CN1C(=O)OC(C)(C)C. The van der Waals surface area contributed by atoms with Crippen molar-refractivity contribution in [3.05, 3.63) is 0 Å². The lowest BCUT2D eigenvalue weighted by atomic mass is 9.88. The molecule has 7 nitrogen and oxygen atoms in total. The summed E-state index contributed by atoms with van der Waals surface area (Å²) in [6.07, 6.45) is -0.532. The van der Waals surface area contributed by atoms with Gasteiger partial charge in [0.05, 0.1) is 12.6 Å². The summed E-state index contributed by atoms with van der Waals surface area (Å²) in [6, 6.07) is -0.579. The zero-order valence-corrected chi connectivity index (χ0v) is 16.6. The predicted octanol–water partition coefficient (Wildman–Crippen LogP) is 3.69. The van der Waals surface area contributed by atoms with Crippen LogP contribution in [-0.4, -0.2) is 52.3 Å². The van der Waals surface area contributed by atoms with E-state index in [1.165, 1.54) is 11.8 Å². The summed E-state index contributed by atoms with van der Waals surface area (Å²) in [4.78, 5) is 37.8. The normalized spacial score (nSPS) is 24.5. The highest BCUT2D eigenvalue weighted by Crippen LogP contribution is 2.31. The number of piperidine rings is 1. The van der Waals surface area contributed by atoms with Gasteiger partial charge in [-0.25, -0.2) is 9.59 Å². The fraction of sp³-hybridized carbons (Fsp3) is 0.833. The molecule has 0 aliphatic carbocycles. The van der Waals surface area contributed by atoms with Gasteiger partial charge in [-0.15, -0.1) is 0 Å². The van der Waals surface area contributed by atoms with Crippen LogP contribution in [0.5, 0.6) is 0 Å². The molecule has 0 aromatic heterocycles. The lowest BCUT2D eigenvalue weighted by Gasteiger charge is -2.43. The smallest absolute Gasteiger partial charge is 0.444 e. The first-order chi connectivity index (χ1) is 11.1. The Morgan fingerprint density at radius 2 is 1.52 bits per heavy atom. The number of Topliss-reactive ketones (excluding diaryl/α,β-unsaturated/α-hetero) is 1. The number of hydrogen-bond donors (Lipinski definition) is 0. The Bertz CT molecular complexity index is 531. The maximum atomic E-state index is 12.5. The first-order valence-electron chi connectivity index (χ1n) is 8.54. The molecule has 0 bridgehead atoms. The fourth-order valence-corrected chi connectivity index (χ4v) is 2.64. The minimum absolute atomic E-state index is 0.0748. The fourth-order valence-electron chi connectivity index (χ4n) is 2.64. The van der Waals surface area contributed by atoms with Crippen molar-refractivity contribution >= 4 is 18.0 Å². The van der Waals surface area contributed by atoms with Gasteiger partial charge in [-0.1, -0.05) is 0 Å². The van der Waals surface area contributed by atoms with Crippen LogP contribution < -0.4 is 0 Å². The molecule has 0 saturated carbocycles. The van der Waals surface area contributed by atoms with Gasteiger partial charge in [0.15, 0.2) is 5.78 Å². The summed E-state index contributed by atoms with van der Waals surface area (Å²) in [6.45, 7) is 13.8. The molecular formula is C18H31NO6. The summed E-state index contributed by atoms with van der Waals surface area (Å²) in [7, 11) is 0. The van der Waals surface area contributed by atoms with Crippen LogP contribution in [0.4, 0.5) is 9.59 Å². The Kier molecular flexibility index (Phi) is 6.13. The molecule has 1 saturated heterocycles. The molecule has 1 aliphatic rings. The van der Waals surface area contributed by atoms with E-state index in [1.807, 2.05) is 0 Å². The van der Waals surface area contributed by atoms with Crippen LogP contribution in [0.25, 0.3) is 0 Å². The van der Waals surface area contributed by atoms with Crippen LogP contribution in [-0.2, 0) is 19.0 Å². The first-order valence-corrected chi connectivity index (χ1v) is 8.54. The zero-order chi connectivity index (χ0) is 19.6. The third-order valence-electron chi connectivity index (χ3n) is 3.64. The quantitative estimate of drug-likeness (QED) is 0.701. The van der Waals surface area contributed by atoms with Crippen LogP contribution in [0, 0.1) is 0 Å². The number of carbonyl (C=O) groups is 3. The summed E-state index contributed by atoms with van der Waals surface area (Å²) < 4.78 is 16.1. The number of ether oxygens (including phenoxy) is 3. The Balaban J connectivity index is 2.91. The maximum absolute atomic E-state index is 12.5. The van der Waals surface area contributed by atoms with Gasteiger partial charge >= 0.3 is 12.2 Å². The van der Waals surface area contributed by atoms with Crippen LogP contribution in [0.1, 0.15) is 68.2 Å². The maximum Gasteiger partial charge on any atom is 0.509 e. The molecule has 144 valence electrons. The standard InChI is InChI=1S/C18H31NO6/c1-12(20)13-9-10-18(8,25-15(22)24-17(5,6)7)11-19(13)14(21)23-16(2,3)4/h13H,9-11H2,1-8H3/t13-,18-/m1/s1. The van der Waals surface area contributed by atoms with Gasteiger partial charge in [0, 0.05) is 0 Å². The summed E-state index contributed by atoms with van der Waals surface area (Å²) >= 11 is 0. The first kappa shape index (κ1) is 21.3. The van der Waals surface area contributed by atoms with E-state index in [1.54, 1.807) is 48.5 Å². The number of nitrogens with zero attached hydrogens (tertiary/aromatic N) is 1. The van der Waals surface area contributed by atoms with E-state index in [9.17, 15) is 14.4 Å². The van der Waals surface area contributed by atoms with E-state index in [2.05, 4.69) is 0 Å². The molecule has 1 fully saturated rings. The lowest BCUT2D eigenvalue weighted by molar-refractivity contribution is -0.129. The summed E-state index contributed by atoms with van der Waals surface area (Å²) in [5.74, 6) is -0.120. The molecule has 7 heteroatoms. The minimum Gasteiger partial charge on any atom is -0.444 e. The van der Waals surface area contributed by atoms with E-state index < -0.39 is 35.1 Å². The average molecular weight is 357 g/mol. The second-order valence-corrected chi connectivity index (χ2v) is 8.79. The Hall–Kier alpha value is -1.79. The van der Waals surface area contributed by atoms with Crippen molar-refractivity contribution < 1.29 is 28.6 Å². The van der Waals surface area contributed by atoms with E-state index in [-0.39, 0.29) is 12.3 Å². The van der Waals surface area contributed by atoms with Gasteiger partial charge in [-0.3, -0.25) is 9.69 Å². The number of carbonyl (C=O) groups excluding carboxylic acids is 3. The molecule has 1 amide bonds. The second-order valence-electron chi connectivity index (χ2n) is 8.79. The molecular weight excluding hydrogens is 326 g/mol. The molecule has 0 radical (unpaired) electrons. The van der Waals surface area contributed by atoms with Gasteiger partial charge in [-0.05, 0) is 68.2 Å². The highest BCUT2D eigenvalue weighted by Gasteiger charge is 2.44. The molecule has 0 aromatic carbocycles. The van der Waals surface area contributed by atoms with E-state index in [4.69, 9.17) is 14.2 Å². The van der Waals surface area contributed by atoms with Crippen LogP contribution in [0.3, 0.4) is 0 Å². The molecule has 0 spiro atoms. The summed E-state index contributed by atoms with van der Waals surface area (Å²) in [5.41, 5.74) is -2.29. The number of likely N-dealkylation sites (tertiary alicyclic amines) is 1. The van der Waals surface area contributed by atoms with Crippen molar-refractivity contribution in [1.82, 2.24) is 4.90 Å². The van der Waals surface area contributed by atoms with Gasteiger partial charge in [0.1, 0.15) is 16.8 Å². The zero-order valence-electron chi connectivity index (χ0n) is 16.6. The van der Waals surface area contributed by atoms with Crippen molar-refractivity contribution in [2.45, 2.75) is 91.1 Å². The monoisotopic (exact) mass is 357 g/mol. The van der Waals surface area contributed by atoms with Crippen molar-refractivity contribution in [2.24, 2.45) is 0 Å². The molecule has 1 aliphatic heterocycles. The van der Waals surface area contributed by atoms with E-state index >= 15 is 0 Å². The number of amides is 1. The highest BCUT2D eigenvalue weighted by molar-refractivity contribution is 5.85. The highest BCUT2D eigenvalue weighted by atomic mass is 16.7. The van der Waals surface area contributed by atoms with Crippen molar-refractivity contribution in [3.8, 4) is 0 Å². The number of rotatable bonds is 2. The predicted molar refractivity (Wildman–Crippen MR) is 92.4 cm³/mol. The van der Waals surface area contributed by atoms with Crippen LogP contribution in [0.15, 0.2) is 0 Å². The topological polar surface area (TPSA) is 82.1 Å². The Morgan fingerprint density at radius 1 is 1.00 bits per heavy atom. The summed E-state index contributed by atoms with van der Waals surface area (Å²) in [5, 5.41) is 0. The molecule has 0 unspecified atom stereocenters. The molecule has 2 atom stereocenters. The molecule has 25 heavy (non-hydrogen) atoms. The number of hydrogen-bond acceptors (Lipinski definition) is 6. The van der Waals surface area contributed by atoms with Gasteiger partial charge in [-0.2, -0.15) is 0 Å². The average Bonchev–Trinajstić information content (AvgIpc) is 2.32. The molecule has 0 aromatic rings. The van der Waals surface area contributed by atoms with Crippen molar-refractivity contribution in [1.29, 1.82) is 0 Å². The largest absolute Gasteiger partial charge is 0.509 e. The second kappa shape index (κ2) is 7.22. The molecule has 0 N–H and O–H groups in total. The van der Waals surface area contributed by atoms with Crippen LogP contribution >= 0.6 is 0 Å². The van der Waals surface area contributed by atoms with Crippen LogP contribution in [0.2, 0.25) is 0 Å². The Labute approximate surface area is 150 Å². The number of ketones is 1. The van der Waals surface area contributed by atoms with E-state index in [0.717, 1.165) is 0 Å². The Morgan fingerprint density at radius 3 is 1.96 bits per heavy atom. The van der Waals surface area contributed by atoms with Crippen molar-refractivity contribution in [2.75, 3.05) is 6.54 Å². The van der Waals surface area contributed by atoms with Crippen molar-refractivity contribution in [3.63, 3.8) is 0 Å².